The lowest BCUT2D eigenvalue weighted by molar-refractivity contribution is 0.0101. The van der Waals surface area contributed by atoms with E-state index in [9.17, 15) is 5.11 Å². The molecule has 0 spiro atoms. The van der Waals surface area contributed by atoms with Gasteiger partial charge in [0.2, 0.25) is 0 Å². The van der Waals surface area contributed by atoms with Gasteiger partial charge in [-0.25, -0.2) is 0 Å². The lowest BCUT2D eigenvalue weighted by atomic mass is 9.98. The van der Waals surface area contributed by atoms with E-state index < -0.39 is 5.72 Å². The number of hydrogen-bond donors (Lipinski definition) is 3. The van der Waals surface area contributed by atoms with E-state index >= 15 is 0 Å². The van der Waals surface area contributed by atoms with E-state index in [0.717, 1.165) is 6.42 Å². The van der Waals surface area contributed by atoms with Gasteiger partial charge in [-0.15, -0.1) is 0 Å². The van der Waals surface area contributed by atoms with Crippen LogP contribution in [0.1, 0.15) is 33.1 Å². The van der Waals surface area contributed by atoms with Gasteiger partial charge in [0.05, 0.1) is 0 Å². The summed E-state index contributed by atoms with van der Waals surface area (Å²) in [6.07, 6.45) is 2.15. The average molecular weight is 146 g/mol. The predicted octanol–water partition coefficient (Wildman–Crippen LogP) is 0.171. The van der Waals surface area contributed by atoms with E-state index in [-0.39, 0.29) is 6.04 Å². The second-order valence-electron chi connectivity index (χ2n) is 2.76. The molecule has 0 saturated heterocycles. The molecular formula is C7H18N2O. The van der Waals surface area contributed by atoms with Crippen molar-refractivity contribution in [1.29, 1.82) is 0 Å². The molecule has 2 unspecified atom stereocenters. The van der Waals surface area contributed by atoms with Crippen molar-refractivity contribution in [1.82, 2.24) is 0 Å². The minimum Gasteiger partial charge on any atom is -0.374 e. The molecule has 0 aliphatic rings. The molecule has 0 fully saturated rings. The zero-order valence-corrected chi connectivity index (χ0v) is 6.80. The Kier molecular flexibility index (Phi) is 3.86. The Morgan fingerprint density at radius 3 is 2.30 bits per heavy atom. The molecule has 2 atom stereocenters. The van der Waals surface area contributed by atoms with E-state index in [4.69, 9.17) is 11.5 Å². The van der Waals surface area contributed by atoms with E-state index in [0.29, 0.717) is 12.8 Å². The van der Waals surface area contributed by atoms with Crippen molar-refractivity contribution in [3.63, 3.8) is 0 Å². The summed E-state index contributed by atoms with van der Waals surface area (Å²) < 4.78 is 0. The Hall–Kier alpha value is -0.120. The van der Waals surface area contributed by atoms with Gasteiger partial charge >= 0.3 is 0 Å². The molecule has 0 aromatic rings. The lowest BCUT2D eigenvalue weighted by Gasteiger charge is -2.28. The maximum atomic E-state index is 9.44. The van der Waals surface area contributed by atoms with Gasteiger partial charge in [0.15, 0.2) is 0 Å². The number of hydrogen-bond acceptors (Lipinski definition) is 3. The fraction of sp³-hybridized carbons (Fsp3) is 1.00. The maximum absolute atomic E-state index is 9.44. The third kappa shape index (κ3) is 2.64. The third-order valence-electron chi connectivity index (χ3n) is 1.73. The van der Waals surface area contributed by atoms with Gasteiger partial charge in [-0.3, -0.25) is 0 Å². The van der Waals surface area contributed by atoms with Crippen LogP contribution < -0.4 is 11.5 Å². The van der Waals surface area contributed by atoms with E-state index in [2.05, 4.69) is 0 Å². The van der Waals surface area contributed by atoms with Crippen LogP contribution in [0.2, 0.25) is 0 Å². The summed E-state index contributed by atoms with van der Waals surface area (Å²) >= 11 is 0. The highest BCUT2D eigenvalue weighted by Gasteiger charge is 2.26. The first-order valence-corrected chi connectivity index (χ1v) is 3.81. The van der Waals surface area contributed by atoms with Crippen LogP contribution in [-0.4, -0.2) is 16.9 Å². The molecule has 0 bridgehead atoms. The minimum atomic E-state index is -1.16. The Balaban J connectivity index is 3.82. The molecule has 62 valence electrons. The number of aliphatic hydroxyl groups is 1. The van der Waals surface area contributed by atoms with Crippen LogP contribution in [0, 0.1) is 0 Å². The SMILES string of the molecule is CCCC(N)(O)C(N)CC. The molecule has 3 nitrogen and oxygen atoms in total. The number of rotatable bonds is 4. The van der Waals surface area contributed by atoms with Gasteiger partial charge in [0.1, 0.15) is 5.72 Å². The van der Waals surface area contributed by atoms with E-state index in [1.807, 2.05) is 13.8 Å². The zero-order chi connectivity index (χ0) is 8.20. The molecule has 0 heterocycles. The zero-order valence-electron chi connectivity index (χ0n) is 6.80. The molecule has 0 saturated carbocycles. The minimum absolute atomic E-state index is 0.299. The predicted molar refractivity (Wildman–Crippen MR) is 42.3 cm³/mol. The smallest absolute Gasteiger partial charge is 0.128 e. The Bertz CT molecular complexity index is 93.6. The van der Waals surface area contributed by atoms with Crippen LogP contribution in [0.15, 0.2) is 0 Å². The quantitative estimate of drug-likeness (QED) is 0.495. The first-order chi connectivity index (χ1) is 4.54. The van der Waals surface area contributed by atoms with Gasteiger partial charge in [-0.1, -0.05) is 20.3 Å². The first-order valence-electron chi connectivity index (χ1n) is 3.81. The van der Waals surface area contributed by atoms with Crippen LogP contribution >= 0.6 is 0 Å². The second-order valence-corrected chi connectivity index (χ2v) is 2.76. The topological polar surface area (TPSA) is 72.3 Å². The van der Waals surface area contributed by atoms with Crippen LogP contribution in [0.3, 0.4) is 0 Å². The average Bonchev–Trinajstić information content (AvgIpc) is 1.86. The van der Waals surface area contributed by atoms with Gasteiger partial charge in [-0.05, 0) is 12.8 Å². The summed E-state index contributed by atoms with van der Waals surface area (Å²) in [5.41, 5.74) is 9.91. The van der Waals surface area contributed by atoms with Gasteiger partial charge in [0, 0.05) is 6.04 Å². The Labute approximate surface area is 62.4 Å². The van der Waals surface area contributed by atoms with Crippen LogP contribution in [0.5, 0.6) is 0 Å². The lowest BCUT2D eigenvalue weighted by Crippen LogP contribution is -2.54. The summed E-state index contributed by atoms with van der Waals surface area (Å²) in [5, 5.41) is 9.44. The molecule has 0 aliphatic carbocycles. The van der Waals surface area contributed by atoms with Crippen LogP contribution in [-0.2, 0) is 0 Å². The summed E-state index contributed by atoms with van der Waals surface area (Å²) in [5.74, 6) is 0. The van der Waals surface area contributed by atoms with Crippen LogP contribution in [0.4, 0.5) is 0 Å². The fourth-order valence-corrected chi connectivity index (χ4v) is 0.939. The van der Waals surface area contributed by atoms with Crippen molar-refractivity contribution < 1.29 is 5.11 Å². The normalized spacial score (nSPS) is 20.1. The first kappa shape index (κ1) is 9.88. The highest BCUT2D eigenvalue weighted by Crippen LogP contribution is 2.10. The summed E-state index contributed by atoms with van der Waals surface area (Å²) in [6, 6.07) is -0.299. The number of nitrogens with two attached hydrogens (primary N) is 2. The van der Waals surface area contributed by atoms with E-state index in [1.165, 1.54) is 0 Å². The van der Waals surface area contributed by atoms with E-state index in [1.54, 1.807) is 0 Å². The van der Waals surface area contributed by atoms with Gasteiger partial charge in [-0.2, -0.15) is 0 Å². The standard InChI is InChI=1S/C7H18N2O/c1-3-5-7(9,10)6(8)4-2/h6,10H,3-5,8-9H2,1-2H3. The molecule has 5 N–H and O–H groups in total. The van der Waals surface area contributed by atoms with Gasteiger partial charge < -0.3 is 16.6 Å². The summed E-state index contributed by atoms with van der Waals surface area (Å²) in [7, 11) is 0. The molecule has 3 heteroatoms. The largest absolute Gasteiger partial charge is 0.374 e. The van der Waals surface area contributed by atoms with Crippen molar-refractivity contribution in [2.45, 2.75) is 44.9 Å². The second kappa shape index (κ2) is 3.91. The monoisotopic (exact) mass is 146 g/mol. The van der Waals surface area contributed by atoms with Crippen molar-refractivity contribution >= 4 is 0 Å². The summed E-state index contributed by atoms with van der Waals surface area (Å²) in [6.45, 7) is 3.89. The molecule has 0 rings (SSSR count). The van der Waals surface area contributed by atoms with Crippen molar-refractivity contribution in [3.05, 3.63) is 0 Å². The Morgan fingerprint density at radius 2 is 2.00 bits per heavy atom. The Morgan fingerprint density at radius 1 is 1.50 bits per heavy atom. The fourth-order valence-electron chi connectivity index (χ4n) is 0.939. The van der Waals surface area contributed by atoms with Crippen molar-refractivity contribution in [2.75, 3.05) is 0 Å². The third-order valence-corrected chi connectivity index (χ3v) is 1.73. The molecule has 0 aliphatic heterocycles. The van der Waals surface area contributed by atoms with Crippen LogP contribution in [0.25, 0.3) is 0 Å². The highest BCUT2D eigenvalue weighted by atomic mass is 16.3. The van der Waals surface area contributed by atoms with Gasteiger partial charge in [0.25, 0.3) is 0 Å². The summed E-state index contributed by atoms with van der Waals surface area (Å²) in [4.78, 5) is 0. The molecule has 0 radical (unpaired) electrons. The maximum Gasteiger partial charge on any atom is 0.128 e. The van der Waals surface area contributed by atoms with Crippen molar-refractivity contribution in [2.24, 2.45) is 11.5 Å². The highest BCUT2D eigenvalue weighted by molar-refractivity contribution is 4.81. The molecular weight excluding hydrogens is 128 g/mol. The molecule has 0 amide bonds. The molecule has 10 heavy (non-hydrogen) atoms. The molecule has 0 aromatic heterocycles. The molecule has 0 aromatic carbocycles. The van der Waals surface area contributed by atoms with Crippen molar-refractivity contribution in [3.8, 4) is 0 Å².